The summed E-state index contributed by atoms with van der Waals surface area (Å²) in [4.78, 5) is 0.682. The summed E-state index contributed by atoms with van der Waals surface area (Å²) >= 11 is 3.78. The fourth-order valence-corrected chi connectivity index (χ4v) is 1.86. The topological polar surface area (TPSA) is 0 Å². The first-order valence-electron chi connectivity index (χ1n) is 6.12. The second-order valence-corrected chi connectivity index (χ2v) is 6.50. The first-order valence-corrected chi connectivity index (χ1v) is 7.04. The normalized spacial score (nSPS) is 14.4. The molecule has 0 heterocycles. The van der Waals surface area contributed by atoms with E-state index in [4.69, 9.17) is 0 Å². The van der Waals surface area contributed by atoms with Crippen molar-refractivity contribution >= 4 is 15.9 Å². The van der Waals surface area contributed by atoms with Gasteiger partial charge in [0.15, 0.2) is 0 Å². The molecule has 0 aromatic heterocycles. The van der Waals surface area contributed by atoms with Crippen molar-refractivity contribution in [2.24, 2.45) is 5.41 Å². The maximum atomic E-state index is 3.78. The molecular formula is C13H27Br. The van der Waals surface area contributed by atoms with Crippen LogP contribution in [-0.2, 0) is 0 Å². The fourth-order valence-electron chi connectivity index (χ4n) is 1.54. The molecule has 0 saturated carbocycles. The molecular weight excluding hydrogens is 236 g/mol. The van der Waals surface area contributed by atoms with Gasteiger partial charge in [0.2, 0.25) is 0 Å². The average molecular weight is 263 g/mol. The van der Waals surface area contributed by atoms with E-state index in [-0.39, 0.29) is 0 Å². The molecule has 0 spiro atoms. The molecule has 0 aliphatic carbocycles. The van der Waals surface area contributed by atoms with Crippen LogP contribution in [0.15, 0.2) is 0 Å². The number of unbranched alkanes of at least 4 members (excludes halogenated alkanes) is 5. The molecule has 0 saturated heterocycles. The highest BCUT2D eigenvalue weighted by atomic mass is 79.9. The Morgan fingerprint density at radius 2 is 1.43 bits per heavy atom. The lowest BCUT2D eigenvalue weighted by Crippen LogP contribution is -2.19. The zero-order chi connectivity index (χ0) is 11.0. The van der Waals surface area contributed by atoms with E-state index in [9.17, 15) is 0 Å². The Kier molecular flexibility index (Phi) is 8.00. The highest BCUT2D eigenvalue weighted by Crippen LogP contribution is 2.30. The lowest BCUT2D eigenvalue weighted by atomic mass is 9.89. The van der Waals surface area contributed by atoms with Gasteiger partial charge in [0, 0.05) is 4.83 Å². The lowest BCUT2D eigenvalue weighted by Gasteiger charge is -2.25. The molecule has 0 nitrogen and oxygen atoms in total. The van der Waals surface area contributed by atoms with Crippen LogP contribution in [0.5, 0.6) is 0 Å². The maximum absolute atomic E-state index is 3.78. The van der Waals surface area contributed by atoms with Crippen molar-refractivity contribution < 1.29 is 0 Å². The molecule has 0 aromatic carbocycles. The fraction of sp³-hybridized carbons (Fsp3) is 1.00. The summed E-state index contributed by atoms with van der Waals surface area (Å²) in [5, 5.41) is 0. The van der Waals surface area contributed by atoms with Crippen LogP contribution in [-0.4, -0.2) is 4.83 Å². The van der Waals surface area contributed by atoms with E-state index in [1.165, 1.54) is 44.9 Å². The van der Waals surface area contributed by atoms with Crippen LogP contribution in [0.3, 0.4) is 0 Å². The molecule has 1 unspecified atom stereocenters. The van der Waals surface area contributed by atoms with E-state index in [2.05, 4.69) is 43.6 Å². The van der Waals surface area contributed by atoms with Crippen molar-refractivity contribution in [3.63, 3.8) is 0 Å². The van der Waals surface area contributed by atoms with Gasteiger partial charge in [-0.15, -0.1) is 0 Å². The van der Waals surface area contributed by atoms with E-state index in [0.717, 1.165) is 0 Å². The molecule has 0 aliphatic rings. The molecule has 0 N–H and O–H groups in total. The van der Waals surface area contributed by atoms with E-state index in [1.54, 1.807) is 0 Å². The van der Waals surface area contributed by atoms with Crippen LogP contribution in [0, 0.1) is 5.41 Å². The molecule has 0 aromatic rings. The Labute approximate surface area is 99.0 Å². The van der Waals surface area contributed by atoms with Crippen molar-refractivity contribution in [1.82, 2.24) is 0 Å². The van der Waals surface area contributed by atoms with Crippen LogP contribution >= 0.6 is 15.9 Å². The number of alkyl halides is 1. The van der Waals surface area contributed by atoms with Gasteiger partial charge < -0.3 is 0 Å². The van der Waals surface area contributed by atoms with Crippen molar-refractivity contribution in [3.05, 3.63) is 0 Å². The monoisotopic (exact) mass is 262 g/mol. The highest BCUT2D eigenvalue weighted by Gasteiger charge is 2.20. The number of hydrogen-bond donors (Lipinski definition) is 0. The van der Waals surface area contributed by atoms with Gasteiger partial charge in [-0.25, -0.2) is 0 Å². The molecule has 86 valence electrons. The van der Waals surface area contributed by atoms with E-state index >= 15 is 0 Å². The van der Waals surface area contributed by atoms with Gasteiger partial charge in [-0.1, -0.05) is 82.1 Å². The Bertz CT molecular complexity index is 124. The predicted octanol–water partition coefficient (Wildman–Crippen LogP) is 5.55. The van der Waals surface area contributed by atoms with Gasteiger partial charge in [0.1, 0.15) is 0 Å². The van der Waals surface area contributed by atoms with Crippen molar-refractivity contribution in [2.75, 3.05) is 0 Å². The molecule has 0 fully saturated rings. The summed E-state index contributed by atoms with van der Waals surface area (Å²) in [6.07, 6.45) is 9.75. The lowest BCUT2D eigenvalue weighted by molar-refractivity contribution is 0.376. The van der Waals surface area contributed by atoms with Gasteiger partial charge in [-0.3, -0.25) is 0 Å². The summed E-state index contributed by atoms with van der Waals surface area (Å²) in [6, 6.07) is 0. The predicted molar refractivity (Wildman–Crippen MR) is 70.2 cm³/mol. The molecule has 1 atom stereocenters. The smallest absolute Gasteiger partial charge is 0.0194 e. The van der Waals surface area contributed by atoms with Crippen LogP contribution < -0.4 is 0 Å². The zero-order valence-electron chi connectivity index (χ0n) is 10.4. The second kappa shape index (κ2) is 7.73. The number of hydrogen-bond acceptors (Lipinski definition) is 0. The molecule has 1 heteroatoms. The van der Waals surface area contributed by atoms with Gasteiger partial charge in [-0.2, -0.15) is 0 Å². The Hall–Kier alpha value is 0.480. The van der Waals surface area contributed by atoms with Crippen molar-refractivity contribution in [3.8, 4) is 0 Å². The summed E-state index contributed by atoms with van der Waals surface area (Å²) in [6.45, 7) is 9.20. The zero-order valence-corrected chi connectivity index (χ0v) is 12.0. The van der Waals surface area contributed by atoms with Gasteiger partial charge in [0.25, 0.3) is 0 Å². The minimum absolute atomic E-state index is 0.420. The molecule has 0 amide bonds. The molecule has 0 rings (SSSR count). The van der Waals surface area contributed by atoms with Gasteiger partial charge in [-0.05, 0) is 11.8 Å². The standard InChI is InChI=1S/C13H27Br/c1-5-6-7-8-9-10-11-12(14)13(2,3)4/h12H,5-11H2,1-4H3. The summed E-state index contributed by atoms with van der Waals surface area (Å²) < 4.78 is 0. The third-order valence-electron chi connectivity index (χ3n) is 2.75. The van der Waals surface area contributed by atoms with Gasteiger partial charge in [0.05, 0.1) is 0 Å². The summed E-state index contributed by atoms with van der Waals surface area (Å²) in [7, 11) is 0. The molecule has 0 aliphatic heterocycles. The third kappa shape index (κ3) is 7.84. The van der Waals surface area contributed by atoms with Crippen LogP contribution in [0.4, 0.5) is 0 Å². The van der Waals surface area contributed by atoms with Crippen molar-refractivity contribution in [1.29, 1.82) is 0 Å². The minimum Gasteiger partial charge on any atom is -0.0885 e. The first-order chi connectivity index (χ1) is 6.48. The SMILES string of the molecule is CCCCCCCCC(Br)C(C)(C)C. The largest absolute Gasteiger partial charge is 0.0885 e. The first kappa shape index (κ1) is 14.5. The Morgan fingerprint density at radius 1 is 0.929 bits per heavy atom. The number of rotatable bonds is 7. The minimum atomic E-state index is 0.420. The second-order valence-electron chi connectivity index (χ2n) is 5.39. The summed E-state index contributed by atoms with van der Waals surface area (Å²) in [5.41, 5.74) is 0.420. The van der Waals surface area contributed by atoms with E-state index in [1.807, 2.05) is 0 Å². The number of halogens is 1. The Balaban J connectivity index is 3.28. The maximum Gasteiger partial charge on any atom is 0.0194 e. The highest BCUT2D eigenvalue weighted by molar-refractivity contribution is 9.09. The van der Waals surface area contributed by atoms with Crippen molar-refractivity contribution in [2.45, 2.75) is 77.5 Å². The van der Waals surface area contributed by atoms with Gasteiger partial charge >= 0.3 is 0 Å². The Morgan fingerprint density at radius 3 is 1.93 bits per heavy atom. The molecule has 0 radical (unpaired) electrons. The third-order valence-corrected chi connectivity index (χ3v) is 4.58. The molecule has 0 bridgehead atoms. The molecule has 14 heavy (non-hydrogen) atoms. The summed E-state index contributed by atoms with van der Waals surface area (Å²) in [5.74, 6) is 0. The van der Waals surface area contributed by atoms with Crippen LogP contribution in [0.1, 0.15) is 72.6 Å². The quantitative estimate of drug-likeness (QED) is 0.417. The van der Waals surface area contributed by atoms with Crippen LogP contribution in [0.25, 0.3) is 0 Å². The van der Waals surface area contributed by atoms with E-state index < -0.39 is 0 Å². The van der Waals surface area contributed by atoms with Crippen LogP contribution in [0.2, 0.25) is 0 Å². The van der Waals surface area contributed by atoms with E-state index in [0.29, 0.717) is 10.2 Å². The average Bonchev–Trinajstić information content (AvgIpc) is 2.09.